The van der Waals surface area contributed by atoms with Crippen LogP contribution in [0.3, 0.4) is 0 Å². The van der Waals surface area contributed by atoms with E-state index >= 15 is 0 Å². The lowest BCUT2D eigenvalue weighted by atomic mass is 9.91. The number of nitrogens with two attached hydrogens (primary N) is 1. The van der Waals surface area contributed by atoms with Gasteiger partial charge in [-0.1, -0.05) is 151 Å². The first kappa shape index (κ1) is 45.7. The van der Waals surface area contributed by atoms with E-state index < -0.39 is 0 Å². The number of anilines is 1. The zero-order chi connectivity index (χ0) is 37.4. The van der Waals surface area contributed by atoms with Gasteiger partial charge in [-0.05, 0) is 137 Å². The van der Waals surface area contributed by atoms with Crippen molar-refractivity contribution >= 4 is 16.8 Å². The Labute approximate surface area is 305 Å². The van der Waals surface area contributed by atoms with Crippen molar-refractivity contribution in [2.24, 2.45) is 11.8 Å². The second-order valence-electron chi connectivity index (χ2n) is 13.9. The first-order chi connectivity index (χ1) is 23.4. The summed E-state index contributed by atoms with van der Waals surface area (Å²) >= 11 is 0. The molecule has 1 heteroatoms. The normalized spacial score (nSPS) is 18.0. The van der Waals surface area contributed by atoms with Gasteiger partial charge in [0.05, 0.1) is 0 Å². The maximum absolute atomic E-state index is 6.14. The Morgan fingerprint density at radius 1 is 0.776 bits per heavy atom. The summed E-state index contributed by atoms with van der Waals surface area (Å²) in [5.74, 6) is 1.90. The minimum Gasteiger partial charge on any atom is -0.398 e. The quantitative estimate of drug-likeness (QED) is 0.146. The van der Waals surface area contributed by atoms with Gasteiger partial charge in [0.1, 0.15) is 0 Å². The molecule has 2 saturated carbocycles. The highest BCUT2D eigenvalue weighted by Gasteiger charge is 2.11. The molecule has 2 aromatic carbocycles. The van der Waals surface area contributed by atoms with Crippen LogP contribution in [0.2, 0.25) is 0 Å². The van der Waals surface area contributed by atoms with E-state index in [0.717, 1.165) is 34.2 Å². The molecular formula is C48H75N. The summed E-state index contributed by atoms with van der Waals surface area (Å²) in [6.07, 6.45) is 24.7. The van der Waals surface area contributed by atoms with Crippen LogP contribution in [0, 0.1) is 32.6 Å². The third-order valence-corrected chi connectivity index (χ3v) is 9.61. The van der Waals surface area contributed by atoms with E-state index in [2.05, 4.69) is 117 Å². The summed E-state index contributed by atoms with van der Waals surface area (Å²) in [6.45, 7) is 32.9. The van der Waals surface area contributed by atoms with Gasteiger partial charge in [0.15, 0.2) is 0 Å². The standard InChI is InChI=1S/C26H31N.C10H18.C7H14.C3H6.C2H6/c1-8-9-25(23-12-11-18(3)26(27)16-23)22(7)19(4)15-21(6)24-13-10-17(2)14-20(24)5;1-3-10-8-6-4-5-7-9(10)2;1-7-5-3-2-4-6-7;1-3-2;1-2/h8-16H,1,27H2,2-7H3;3,9H,4-8H2,1-2H3;7H,2-6H2,1H3;3H,1H2,2H3;1-2H3/b21-15+,22-19+,25-9+;10-3+;;;. The molecule has 2 fully saturated rings. The fourth-order valence-electron chi connectivity index (χ4n) is 6.47. The summed E-state index contributed by atoms with van der Waals surface area (Å²) in [5, 5.41) is 0. The summed E-state index contributed by atoms with van der Waals surface area (Å²) in [7, 11) is 0. The molecule has 0 amide bonds. The van der Waals surface area contributed by atoms with Gasteiger partial charge in [0.25, 0.3) is 0 Å². The van der Waals surface area contributed by atoms with Crippen molar-refractivity contribution in [2.75, 3.05) is 5.73 Å². The lowest BCUT2D eigenvalue weighted by Crippen LogP contribution is -1.99. The van der Waals surface area contributed by atoms with Crippen LogP contribution in [0.15, 0.2) is 96.7 Å². The summed E-state index contributed by atoms with van der Waals surface area (Å²) < 4.78 is 0. The molecule has 49 heavy (non-hydrogen) atoms. The van der Waals surface area contributed by atoms with E-state index in [1.54, 1.807) is 11.6 Å². The first-order valence-electron chi connectivity index (χ1n) is 19.2. The van der Waals surface area contributed by atoms with E-state index in [1.807, 2.05) is 39.8 Å². The Balaban J connectivity index is 0.000000845. The number of nitrogen functional groups attached to an aromatic ring is 1. The molecule has 1 nitrogen and oxygen atoms in total. The Morgan fingerprint density at radius 2 is 1.37 bits per heavy atom. The minimum atomic E-state index is 0.815. The SMILES string of the molecule is C/C=C1\CCCCCC1C.C=CC.C=C\C=C(/C(C)=C(C)/C=C(\C)c1ccc(C)cc1C)c1ccc(C)c(N)c1.CC.CC1CCCCC1. The average Bonchev–Trinajstić information content (AvgIpc) is 3.30. The predicted octanol–water partition coefficient (Wildman–Crippen LogP) is 15.5. The molecule has 0 aromatic heterocycles. The molecule has 0 spiro atoms. The van der Waals surface area contributed by atoms with Gasteiger partial charge in [-0.25, -0.2) is 0 Å². The second-order valence-corrected chi connectivity index (χ2v) is 13.9. The second kappa shape index (κ2) is 26.5. The Kier molecular flexibility index (Phi) is 24.7. The average molecular weight is 666 g/mol. The Hall–Kier alpha value is -3.32. The van der Waals surface area contributed by atoms with Crippen molar-refractivity contribution in [3.05, 3.63) is 124 Å². The van der Waals surface area contributed by atoms with Crippen molar-refractivity contribution in [2.45, 2.75) is 147 Å². The Bertz CT molecular complexity index is 1370. The van der Waals surface area contributed by atoms with Gasteiger partial charge in [-0.2, -0.15) is 0 Å². The maximum atomic E-state index is 6.14. The van der Waals surface area contributed by atoms with Crippen molar-refractivity contribution in [1.29, 1.82) is 0 Å². The van der Waals surface area contributed by atoms with Crippen LogP contribution in [-0.2, 0) is 0 Å². The third kappa shape index (κ3) is 17.8. The number of aryl methyl sites for hydroxylation is 3. The lowest BCUT2D eigenvalue weighted by molar-refractivity contribution is 0.385. The minimum absolute atomic E-state index is 0.815. The molecule has 2 aliphatic rings. The number of rotatable bonds is 5. The van der Waals surface area contributed by atoms with E-state index in [9.17, 15) is 0 Å². The monoisotopic (exact) mass is 666 g/mol. The Morgan fingerprint density at radius 3 is 1.88 bits per heavy atom. The zero-order valence-corrected chi connectivity index (χ0v) is 34.1. The largest absolute Gasteiger partial charge is 0.398 e. The maximum Gasteiger partial charge on any atom is 0.0349 e. The molecule has 2 aromatic rings. The lowest BCUT2D eigenvalue weighted by Gasteiger charge is -2.15. The molecule has 1 unspecified atom stereocenters. The molecular weight excluding hydrogens is 591 g/mol. The summed E-state index contributed by atoms with van der Waals surface area (Å²) in [4.78, 5) is 0. The van der Waals surface area contributed by atoms with Gasteiger partial charge < -0.3 is 5.73 Å². The van der Waals surface area contributed by atoms with E-state index in [4.69, 9.17) is 5.73 Å². The number of hydrogen-bond donors (Lipinski definition) is 1. The summed E-state index contributed by atoms with van der Waals surface area (Å²) in [6, 6.07) is 12.8. The predicted molar refractivity (Wildman–Crippen MR) is 227 cm³/mol. The molecule has 0 radical (unpaired) electrons. The number of hydrogen-bond acceptors (Lipinski definition) is 1. The van der Waals surface area contributed by atoms with E-state index in [1.165, 1.54) is 97.6 Å². The van der Waals surface area contributed by atoms with Gasteiger partial charge in [0.2, 0.25) is 0 Å². The van der Waals surface area contributed by atoms with Crippen molar-refractivity contribution in [3.8, 4) is 0 Å². The third-order valence-electron chi connectivity index (χ3n) is 9.61. The fraction of sp³-hybridized carbons (Fsp3) is 0.500. The van der Waals surface area contributed by atoms with E-state index in [-0.39, 0.29) is 0 Å². The molecule has 2 N–H and O–H groups in total. The van der Waals surface area contributed by atoms with Crippen LogP contribution in [-0.4, -0.2) is 0 Å². The van der Waals surface area contributed by atoms with E-state index in [0.29, 0.717) is 0 Å². The smallest absolute Gasteiger partial charge is 0.0349 e. The van der Waals surface area contributed by atoms with Crippen LogP contribution in [0.4, 0.5) is 5.69 Å². The highest BCUT2D eigenvalue weighted by molar-refractivity contribution is 5.83. The highest BCUT2D eigenvalue weighted by atomic mass is 14.6. The van der Waals surface area contributed by atoms with Gasteiger partial charge >= 0.3 is 0 Å². The highest BCUT2D eigenvalue weighted by Crippen LogP contribution is 2.30. The van der Waals surface area contributed by atoms with Crippen LogP contribution in [0.5, 0.6) is 0 Å². The van der Waals surface area contributed by atoms with Crippen LogP contribution < -0.4 is 5.73 Å². The van der Waals surface area contributed by atoms with Gasteiger partial charge in [-0.3, -0.25) is 0 Å². The van der Waals surface area contributed by atoms with Crippen LogP contribution in [0.1, 0.15) is 154 Å². The van der Waals surface area contributed by atoms with Crippen LogP contribution in [0.25, 0.3) is 11.1 Å². The topological polar surface area (TPSA) is 26.0 Å². The van der Waals surface area contributed by atoms with Crippen molar-refractivity contribution in [1.82, 2.24) is 0 Å². The molecule has 2 aliphatic carbocycles. The fourth-order valence-corrected chi connectivity index (χ4v) is 6.47. The van der Waals surface area contributed by atoms with Crippen molar-refractivity contribution in [3.63, 3.8) is 0 Å². The number of benzene rings is 2. The first-order valence-corrected chi connectivity index (χ1v) is 19.2. The molecule has 4 rings (SSSR count). The molecule has 0 saturated heterocycles. The van der Waals surface area contributed by atoms with Crippen LogP contribution >= 0.6 is 0 Å². The summed E-state index contributed by atoms with van der Waals surface area (Å²) in [5.41, 5.74) is 19.6. The molecule has 1 atom stereocenters. The zero-order valence-electron chi connectivity index (χ0n) is 34.1. The van der Waals surface area contributed by atoms with Gasteiger partial charge in [0, 0.05) is 5.69 Å². The van der Waals surface area contributed by atoms with Crippen molar-refractivity contribution < 1.29 is 0 Å². The number of allylic oxidation sites excluding steroid dienone is 10. The molecule has 0 aliphatic heterocycles. The van der Waals surface area contributed by atoms with Gasteiger partial charge in [-0.15, -0.1) is 6.58 Å². The molecule has 0 heterocycles. The molecule has 0 bridgehead atoms. The molecule has 272 valence electrons.